The summed E-state index contributed by atoms with van der Waals surface area (Å²) in [5, 5.41) is 14.4. The minimum atomic E-state index is -0.448. The zero-order valence-electron chi connectivity index (χ0n) is 12.3. The Morgan fingerprint density at radius 1 is 1.24 bits per heavy atom. The Bertz CT molecular complexity index is 704. The maximum atomic E-state index is 12.1. The fourth-order valence-electron chi connectivity index (χ4n) is 1.61. The van der Waals surface area contributed by atoms with Gasteiger partial charge in [-0.05, 0) is 13.0 Å². The molecule has 0 bridgehead atoms. The summed E-state index contributed by atoms with van der Waals surface area (Å²) in [7, 11) is 1.48. The van der Waals surface area contributed by atoms with Crippen LogP contribution in [0, 0.1) is 0 Å². The summed E-state index contributed by atoms with van der Waals surface area (Å²) in [6.07, 6.45) is 0. The molecule has 0 aliphatic carbocycles. The van der Waals surface area contributed by atoms with Crippen LogP contribution in [0.4, 0.5) is 0 Å². The molecule has 0 saturated carbocycles. The number of nitrogens with one attached hydrogen (secondary N) is 1. The van der Waals surface area contributed by atoms with Crippen LogP contribution in [0.1, 0.15) is 55.0 Å². The van der Waals surface area contributed by atoms with Crippen molar-refractivity contribution in [3.8, 4) is 0 Å². The van der Waals surface area contributed by atoms with Crippen molar-refractivity contribution in [2.45, 2.75) is 32.7 Å². The number of carbonyl (C=O) groups excluding carboxylic acids is 1. The molecule has 21 heavy (non-hydrogen) atoms. The van der Waals surface area contributed by atoms with Crippen molar-refractivity contribution in [2.75, 3.05) is 0 Å². The maximum absolute atomic E-state index is 12.1. The van der Waals surface area contributed by atoms with Crippen LogP contribution in [0.25, 0.3) is 0 Å². The lowest BCUT2D eigenvalue weighted by atomic mass is 10.2. The first-order chi connectivity index (χ1) is 9.88. The first-order valence-electron chi connectivity index (χ1n) is 6.57. The Labute approximate surface area is 121 Å². The van der Waals surface area contributed by atoms with E-state index in [0.29, 0.717) is 11.8 Å². The van der Waals surface area contributed by atoms with Crippen molar-refractivity contribution in [3.63, 3.8) is 0 Å². The second-order valence-corrected chi connectivity index (χ2v) is 5.01. The molecule has 8 heteroatoms. The summed E-state index contributed by atoms with van der Waals surface area (Å²) >= 11 is 0. The van der Waals surface area contributed by atoms with Crippen LogP contribution >= 0.6 is 0 Å². The average Bonchev–Trinajstić information content (AvgIpc) is 2.91. The van der Waals surface area contributed by atoms with Gasteiger partial charge in [-0.25, -0.2) is 4.68 Å². The second-order valence-electron chi connectivity index (χ2n) is 5.01. The van der Waals surface area contributed by atoms with Crippen LogP contribution in [0.3, 0.4) is 0 Å². The van der Waals surface area contributed by atoms with Crippen LogP contribution in [0.5, 0.6) is 0 Å². The summed E-state index contributed by atoms with van der Waals surface area (Å²) in [6.45, 7) is 5.61. The lowest BCUT2D eigenvalue weighted by Crippen LogP contribution is -2.30. The van der Waals surface area contributed by atoms with Gasteiger partial charge in [-0.15, -0.1) is 10.2 Å². The van der Waals surface area contributed by atoms with Crippen molar-refractivity contribution in [1.82, 2.24) is 25.3 Å². The van der Waals surface area contributed by atoms with Gasteiger partial charge in [0.25, 0.3) is 11.5 Å². The zero-order valence-corrected chi connectivity index (χ0v) is 12.3. The standard InChI is InChI=1S/C13H17N5O3/c1-7(2)12-15-16-13(21-12)8(3)14-11(20)9-5-6-10(19)18(4)17-9/h5-8H,1-4H3,(H,14,20)/t8-/m1/s1. The Balaban J connectivity index is 2.10. The number of hydrogen-bond acceptors (Lipinski definition) is 6. The van der Waals surface area contributed by atoms with Gasteiger partial charge in [0.1, 0.15) is 11.7 Å². The summed E-state index contributed by atoms with van der Waals surface area (Å²) in [5.74, 6) is 0.560. The van der Waals surface area contributed by atoms with E-state index in [9.17, 15) is 9.59 Å². The predicted octanol–water partition coefficient (Wildman–Crippen LogP) is 0.778. The largest absolute Gasteiger partial charge is 0.423 e. The van der Waals surface area contributed by atoms with E-state index in [-0.39, 0.29) is 17.2 Å². The molecule has 0 saturated heterocycles. The van der Waals surface area contributed by atoms with E-state index in [1.807, 2.05) is 13.8 Å². The molecular formula is C13H17N5O3. The maximum Gasteiger partial charge on any atom is 0.272 e. The van der Waals surface area contributed by atoms with Gasteiger partial charge in [0.15, 0.2) is 0 Å². The van der Waals surface area contributed by atoms with Crippen LogP contribution in [-0.2, 0) is 7.05 Å². The summed E-state index contributed by atoms with van der Waals surface area (Å²) in [6, 6.07) is 2.21. The third-order valence-electron chi connectivity index (χ3n) is 2.86. The number of hydrogen-bond donors (Lipinski definition) is 1. The molecule has 112 valence electrons. The zero-order chi connectivity index (χ0) is 15.6. The highest BCUT2D eigenvalue weighted by Gasteiger charge is 2.19. The SMILES string of the molecule is CC(C)c1nnc([C@@H](C)NC(=O)c2ccc(=O)n(C)n2)o1. The minimum Gasteiger partial charge on any atom is -0.423 e. The van der Waals surface area contributed by atoms with E-state index >= 15 is 0 Å². The lowest BCUT2D eigenvalue weighted by Gasteiger charge is -2.09. The van der Waals surface area contributed by atoms with Gasteiger partial charge in [-0.3, -0.25) is 9.59 Å². The number of rotatable bonds is 4. The summed E-state index contributed by atoms with van der Waals surface area (Å²) in [4.78, 5) is 23.3. The molecule has 1 N–H and O–H groups in total. The highest BCUT2D eigenvalue weighted by Crippen LogP contribution is 2.16. The predicted molar refractivity (Wildman–Crippen MR) is 73.7 cm³/mol. The van der Waals surface area contributed by atoms with Crippen LogP contribution < -0.4 is 10.9 Å². The summed E-state index contributed by atoms with van der Waals surface area (Å²) in [5.41, 5.74) is -0.134. The Morgan fingerprint density at radius 3 is 2.48 bits per heavy atom. The van der Waals surface area contributed by atoms with Gasteiger partial charge < -0.3 is 9.73 Å². The first kappa shape index (κ1) is 14.9. The van der Waals surface area contributed by atoms with Crippen LogP contribution in [0.2, 0.25) is 0 Å². The fourth-order valence-corrected chi connectivity index (χ4v) is 1.61. The van der Waals surface area contributed by atoms with Gasteiger partial charge in [0.05, 0.1) is 0 Å². The highest BCUT2D eigenvalue weighted by molar-refractivity contribution is 5.92. The monoisotopic (exact) mass is 291 g/mol. The number of amides is 1. The molecule has 0 fully saturated rings. The molecule has 0 aliphatic heterocycles. The van der Waals surface area contributed by atoms with E-state index in [4.69, 9.17) is 4.42 Å². The van der Waals surface area contributed by atoms with Crippen molar-refractivity contribution in [1.29, 1.82) is 0 Å². The molecule has 0 radical (unpaired) electrons. The molecule has 0 aromatic carbocycles. The van der Waals surface area contributed by atoms with Gasteiger partial charge >= 0.3 is 0 Å². The Kier molecular flexibility index (Phi) is 4.15. The van der Waals surface area contributed by atoms with Gasteiger partial charge in [0.2, 0.25) is 11.8 Å². The highest BCUT2D eigenvalue weighted by atomic mass is 16.4. The van der Waals surface area contributed by atoms with Crippen LogP contribution in [-0.4, -0.2) is 25.9 Å². The normalized spacial score (nSPS) is 12.4. The third kappa shape index (κ3) is 3.33. The molecule has 2 aromatic rings. The molecule has 0 unspecified atom stereocenters. The smallest absolute Gasteiger partial charge is 0.272 e. The lowest BCUT2D eigenvalue weighted by molar-refractivity contribution is 0.0926. The van der Waals surface area contributed by atoms with E-state index in [1.54, 1.807) is 6.92 Å². The average molecular weight is 291 g/mol. The first-order valence-corrected chi connectivity index (χ1v) is 6.57. The number of aromatic nitrogens is 4. The molecule has 1 atom stereocenters. The molecule has 2 heterocycles. The van der Waals surface area contributed by atoms with Gasteiger partial charge in [-0.1, -0.05) is 13.8 Å². The van der Waals surface area contributed by atoms with Crippen molar-refractivity contribution in [3.05, 3.63) is 40.0 Å². The van der Waals surface area contributed by atoms with Crippen molar-refractivity contribution < 1.29 is 9.21 Å². The number of nitrogens with zero attached hydrogens (tertiary/aromatic N) is 4. The topological polar surface area (TPSA) is 103 Å². The van der Waals surface area contributed by atoms with E-state index in [2.05, 4.69) is 20.6 Å². The van der Waals surface area contributed by atoms with Crippen molar-refractivity contribution in [2.24, 2.45) is 7.05 Å². The summed E-state index contributed by atoms with van der Waals surface area (Å²) < 4.78 is 6.57. The number of aryl methyl sites for hydroxylation is 1. The molecule has 2 aromatic heterocycles. The van der Waals surface area contributed by atoms with E-state index < -0.39 is 11.9 Å². The van der Waals surface area contributed by atoms with Gasteiger partial charge in [0, 0.05) is 19.0 Å². The fraction of sp³-hybridized carbons (Fsp3) is 0.462. The molecule has 0 aliphatic rings. The third-order valence-corrected chi connectivity index (χ3v) is 2.86. The Morgan fingerprint density at radius 2 is 1.90 bits per heavy atom. The van der Waals surface area contributed by atoms with E-state index in [0.717, 1.165) is 4.68 Å². The quantitative estimate of drug-likeness (QED) is 0.892. The molecule has 1 amide bonds. The van der Waals surface area contributed by atoms with Crippen LogP contribution in [0.15, 0.2) is 21.3 Å². The van der Waals surface area contributed by atoms with Gasteiger partial charge in [-0.2, -0.15) is 5.10 Å². The minimum absolute atomic E-state index is 0.125. The molecule has 2 rings (SSSR count). The second kappa shape index (κ2) is 5.86. The number of carbonyl (C=O) groups is 1. The molecule has 8 nitrogen and oxygen atoms in total. The molecular weight excluding hydrogens is 274 g/mol. The Hall–Kier alpha value is -2.51. The van der Waals surface area contributed by atoms with Crippen molar-refractivity contribution >= 4 is 5.91 Å². The van der Waals surface area contributed by atoms with E-state index in [1.165, 1.54) is 19.2 Å². The molecule has 0 spiro atoms.